The summed E-state index contributed by atoms with van der Waals surface area (Å²) in [6, 6.07) is 7.03. The molecule has 2 aliphatic rings. The SMILES string of the molecule is Cc1ccc(NS(C)(=O)=O)c(C(=O)N2CCCCC2c2cc3nc4c(cn3n2)CCCC4)c1. The summed E-state index contributed by atoms with van der Waals surface area (Å²) in [6.45, 7) is 2.50. The van der Waals surface area contributed by atoms with Gasteiger partial charge in [0, 0.05) is 24.5 Å². The zero-order chi connectivity index (χ0) is 23.2. The van der Waals surface area contributed by atoms with Gasteiger partial charge in [-0.15, -0.1) is 0 Å². The van der Waals surface area contributed by atoms with Crippen LogP contribution in [0.4, 0.5) is 5.69 Å². The number of aryl methyl sites for hydroxylation is 3. The summed E-state index contributed by atoms with van der Waals surface area (Å²) in [5.74, 6) is -0.182. The summed E-state index contributed by atoms with van der Waals surface area (Å²) < 4.78 is 28.1. The van der Waals surface area contributed by atoms with Gasteiger partial charge in [0.15, 0.2) is 5.65 Å². The van der Waals surface area contributed by atoms with E-state index in [4.69, 9.17) is 10.1 Å². The molecule has 1 aliphatic carbocycles. The van der Waals surface area contributed by atoms with Crippen LogP contribution in [0.5, 0.6) is 0 Å². The number of carbonyl (C=O) groups is 1. The maximum Gasteiger partial charge on any atom is 0.256 e. The minimum atomic E-state index is -3.51. The Morgan fingerprint density at radius 2 is 1.94 bits per heavy atom. The van der Waals surface area contributed by atoms with Gasteiger partial charge in [0.2, 0.25) is 10.0 Å². The van der Waals surface area contributed by atoms with Crippen molar-refractivity contribution in [2.75, 3.05) is 17.5 Å². The minimum absolute atomic E-state index is 0.170. The molecule has 1 aliphatic heterocycles. The van der Waals surface area contributed by atoms with Crippen LogP contribution in [0.3, 0.4) is 0 Å². The predicted molar refractivity (Wildman–Crippen MR) is 127 cm³/mol. The molecule has 1 aromatic carbocycles. The average Bonchev–Trinajstić information content (AvgIpc) is 3.20. The Hall–Kier alpha value is -2.94. The molecule has 0 radical (unpaired) electrons. The van der Waals surface area contributed by atoms with Crippen LogP contribution >= 0.6 is 0 Å². The van der Waals surface area contributed by atoms with Gasteiger partial charge in [0.1, 0.15) is 0 Å². The predicted octanol–water partition coefficient (Wildman–Crippen LogP) is 3.66. The molecule has 1 unspecified atom stereocenters. The number of amides is 1. The number of hydrogen-bond acceptors (Lipinski definition) is 5. The van der Waals surface area contributed by atoms with Crippen molar-refractivity contribution in [1.29, 1.82) is 0 Å². The van der Waals surface area contributed by atoms with Crippen LogP contribution in [0, 0.1) is 6.92 Å². The van der Waals surface area contributed by atoms with Gasteiger partial charge in [-0.05, 0) is 69.6 Å². The third-order valence-corrected chi connectivity index (χ3v) is 7.14. The van der Waals surface area contributed by atoms with Gasteiger partial charge < -0.3 is 4.90 Å². The Morgan fingerprint density at radius 3 is 2.76 bits per heavy atom. The van der Waals surface area contributed by atoms with Crippen molar-refractivity contribution in [3.05, 3.63) is 58.5 Å². The van der Waals surface area contributed by atoms with Crippen molar-refractivity contribution in [3.63, 3.8) is 0 Å². The monoisotopic (exact) mass is 467 g/mol. The summed E-state index contributed by atoms with van der Waals surface area (Å²) in [6.07, 6.45) is 10.3. The number of sulfonamides is 1. The zero-order valence-corrected chi connectivity index (χ0v) is 19.9. The lowest BCUT2D eigenvalue weighted by Crippen LogP contribution is -2.39. The standard InChI is InChI=1S/C24H29N5O3S/c1-16-10-11-20(27-33(2,31)32)18(13-16)24(30)28-12-6-5-9-22(28)21-14-23-25-19-8-4-3-7-17(19)15-29(23)26-21/h10-11,13-15,22,27H,3-9,12H2,1-2H3. The van der Waals surface area contributed by atoms with Gasteiger partial charge in [0.05, 0.1) is 29.2 Å². The maximum atomic E-state index is 13.7. The van der Waals surface area contributed by atoms with E-state index in [0.717, 1.165) is 61.0 Å². The molecule has 8 nitrogen and oxygen atoms in total. The highest BCUT2D eigenvalue weighted by atomic mass is 32.2. The van der Waals surface area contributed by atoms with Crippen molar-refractivity contribution in [3.8, 4) is 0 Å². The molecule has 33 heavy (non-hydrogen) atoms. The maximum absolute atomic E-state index is 13.7. The molecule has 0 spiro atoms. The molecular weight excluding hydrogens is 438 g/mol. The number of fused-ring (bicyclic) bond motifs is 2. The Bertz CT molecular complexity index is 1290. The third-order valence-electron chi connectivity index (χ3n) is 6.55. The highest BCUT2D eigenvalue weighted by Crippen LogP contribution is 2.34. The van der Waals surface area contributed by atoms with E-state index >= 15 is 0 Å². The number of piperidine rings is 1. The Morgan fingerprint density at radius 1 is 1.12 bits per heavy atom. The molecule has 3 heterocycles. The Labute approximate surface area is 194 Å². The number of hydrogen-bond donors (Lipinski definition) is 1. The van der Waals surface area contributed by atoms with Crippen LogP contribution in [-0.2, 0) is 22.9 Å². The molecule has 9 heteroatoms. The topological polar surface area (TPSA) is 96.7 Å². The molecule has 3 aromatic rings. The fourth-order valence-corrected chi connectivity index (χ4v) is 5.55. The number of carbonyl (C=O) groups excluding carboxylic acids is 1. The zero-order valence-electron chi connectivity index (χ0n) is 19.0. The first kappa shape index (κ1) is 21.9. The number of rotatable bonds is 4. The summed E-state index contributed by atoms with van der Waals surface area (Å²) >= 11 is 0. The average molecular weight is 468 g/mol. The van der Waals surface area contributed by atoms with E-state index in [1.165, 1.54) is 18.4 Å². The van der Waals surface area contributed by atoms with Gasteiger partial charge in [-0.1, -0.05) is 11.6 Å². The number of nitrogens with one attached hydrogen (secondary N) is 1. The molecular formula is C24H29N5O3S. The largest absolute Gasteiger partial charge is 0.330 e. The fourth-order valence-electron chi connectivity index (χ4n) is 4.97. The number of nitrogens with zero attached hydrogens (tertiary/aromatic N) is 4. The Balaban J connectivity index is 1.51. The first-order valence-electron chi connectivity index (χ1n) is 11.6. The molecule has 1 N–H and O–H groups in total. The first-order chi connectivity index (χ1) is 15.8. The third kappa shape index (κ3) is 4.46. The second-order valence-electron chi connectivity index (χ2n) is 9.23. The van der Waals surface area contributed by atoms with Gasteiger partial charge in [-0.2, -0.15) is 5.10 Å². The van der Waals surface area contributed by atoms with Gasteiger partial charge in [-0.25, -0.2) is 17.9 Å². The fraction of sp³-hybridized carbons (Fsp3) is 0.458. The lowest BCUT2D eigenvalue weighted by molar-refractivity contribution is 0.0606. The molecule has 1 fully saturated rings. The summed E-state index contributed by atoms with van der Waals surface area (Å²) in [5, 5.41) is 4.82. The number of aromatic nitrogens is 3. The smallest absolute Gasteiger partial charge is 0.256 e. The van der Waals surface area contributed by atoms with E-state index in [2.05, 4.69) is 10.9 Å². The van der Waals surface area contributed by atoms with Crippen LogP contribution < -0.4 is 4.72 Å². The quantitative estimate of drug-likeness (QED) is 0.632. The number of likely N-dealkylation sites (tertiary alicyclic amines) is 1. The Kier molecular flexibility index (Phi) is 5.60. The van der Waals surface area contributed by atoms with Gasteiger partial charge in [-0.3, -0.25) is 9.52 Å². The first-order valence-corrected chi connectivity index (χ1v) is 13.4. The van der Waals surface area contributed by atoms with Crippen LogP contribution in [0.15, 0.2) is 30.5 Å². The highest BCUT2D eigenvalue weighted by Gasteiger charge is 2.32. The second kappa shape index (κ2) is 8.44. The summed E-state index contributed by atoms with van der Waals surface area (Å²) in [7, 11) is -3.51. The molecule has 1 atom stereocenters. The van der Waals surface area contributed by atoms with Crippen LogP contribution in [-0.4, -0.2) is 46.6 Å². The molecule has 1 amide bonds. The van der Waals surface area contributed by atoms with Crippen molar-refractivity contribution in [1.82, 2.24) is 19.5 Å². The minimum Gasteiger partial charge on any atom is -0.330 e. The lowest BCUT2D eigenvalue weighted by atomic mass is 9.97. The van der Waals surface area contributed by atoms with Crippen molar-refractivity contribution < 1.29 is 13.2 Å². The van der Waals surface area contributed by atoms with Crippen LogP contribution in [0.2, 0.25) is 0 Å². The molecule has 1 saturated heterocycles. The van der Waals surface area contributed by atoms with E-state index in [0.29, 0.717) is 17.8 Å². The molecule has 5 rings (SSSR count). The van der Waals surface area contributed by atoms with Crippen molar-refractivity contribution >= 4 is 27.3 Å². The highest BCUT2D eigenvalue weighted by molar-refractivity contribution is 7.92. The number of anilines is 1. The molecule has 0 bridgehead atoms. The van der Waals surface area contributed by atoms with E-state index in [-0.39, 0.29) is 11.9 Å². The van der Waals surface area contributed by atoms with Gasteiger partial charge >= 0.3 is 0 Å². The lowest BCUT2D eigenvalue weighted by Gasteiger charge is -2.35. The molecule has 2 aromatic heterocycles. The normalized spacial score (nSPS) is 18.8. The molecule has 0 saturated carbocycles. The summed E-state index contributed by atoms with van der Waals surface area (Å²) in [4.78, 5) is 20.4. The van der Waals surface area contributed by atoms with E-state index in [1.807, 2.05) is 22.4 Å². The van der Waals surface area contributed by atoms with Crippen LogP contribution in [0.1, 0.15) is 71.0 Å². The van der Waals surface area contributed by atoms with Gasteiger partial charge in [0.25, 0.3) is 5.91 Å². The van der Waals surface area contributed by atoms with E-state index in [9.17, 15) is 13.2 Å². The van der Waals surface area contributed by atoms with Crippen molar-refractivity contribution in [2.45, 2.75) is 57.9 Å². The number of benzene rings is 1. The summed E-state index contributed by atoms with van der Waals surface area (Å²) in [5.41, 5.74) is 5.64. The molecule has 174 valence electrons. The second-order valence-corrected chi connectivity index (χ2v) is 11.0. The van der Waals surface area contributed by atoms with Crippen LogP contribution in [0.25, 0.3) is 5.65 Å². The van der Waals surface area contributed by atoms with E-state index in [1.54, 1.807) is 18.2 Å². The van der Waals surface area contributed by atoms with E-state index < -0.39 is 10.0 Å². The van der Waals surface area contributed by atoms with Crippen molar-refractivity contribution in [2.24, 2.45) is 0 Å².